The monoisotopic (exact) mass is 255 g/mol. The molecule has 0 atom stereocenters. The van der Waals surface area contributed by atoms with Crippen LogP contribution in [-0.4, -0.2) is 11.7 Å². The van der Waals surface area contributed by atoms with E-state index in [0.29, 0.717) is 18.9 Å². The zero-order valence-corrected chi connectivity index (χ0v) is 10.6. The Bertz CT molecular complexity index is 550. The minimum Gasteiger partial charge on any atom is -0.504 e. The fraction of sp³-hybridized carbons (Fsp3) is 0.125. The van der Waals surface area contributed by atoms with Gasteiger partial charge in [-0.15, -0.1) is 0 Å². The quantitative estimate of drug-likeness (QED) is 0.863. The average Bonchev–Trinajstić information content (AvgIpc) is 2.46. The van der Waals surface area contributed by atoms with Crippen molar-refractivity contribution in [2.45, 2.75) is 6.61 Å². The molecule has 0 saturated carbocycles. The first-order chi connectivity index (χ1) is 9.29. The summed E-state index contributed by atoms with van der Waals surface area (Å²) in [6.07, 6.45) is 3.75. The number of rotatable bonds is 5. The average molecular weight is 255 g/mol. The molecule has 0 unspecified atom stereocenters. The summed E-state index contributed by atoms with van der Waals surface area (Å²) in [5, 5.41) is 9.76. The molecule has 3 heteroatoms. The van der Waals surface area contributed by atoms with Crippen molar-refractivity contribution in [3.63, 3.8) is 0 Å². The molecule has 0 spiro atoms. The Kier molecular flexibility index (Phi) is 4.59. The highest BCUT2D eigenvalue weighted by molar-refractivity contribution is 5.55. The molecule has 0 aromatic heterocycles. The lowest BCUT2D eigenvalue weighted by atomic mass is 10.2. The van der Waals surface area contributed by atoms with E-state index in [1.165, 1.54) is 0 Å². The van der Waals surface area contributed by atoms with E-state index < -0.39 is 0 Å². The number of hydrogen-bond donors (Lipinski definition) is 2. The topological polar surface area (TPSA) is 55.5 Å². The van der Waals surface area contributed by atoms with Gasteiger partial charge >= 0.3 is 0 Å². The van der Waals surface area contributed by atoms with Gasteiger partial charge in [-0.25, -0.2) is 0 Å². The second kappa shape index (κ2) is 6.61. The minimum atomic E-state index is 0.140. The molecule has 0 fully saturated rings. The summed E-state index contributed by atoms with van der Waals surface area (Å²) in [6, 6.07) is 15.1. The van der Waals surface area contributed by atoms with Gasteiger partial charge in [-0.1, -0.05) is 48.6 Å². The number of hydrogen-bond acceptors (Lipinski definition) is 3. The van der Waals surface area contributed by atoms with E-state index in [-0.39, 0.29) is 5.75 Å². The molecule has 2 aromatic rings. The van der Waals surface area contributed by atoms with Crippen molar-refractivity contribution in [2.24, 2.45) is 5.73 Å². The van der Waals surface area contributed by atoms with E-state index in [1.54, 1.807) is 12.1 Å². The first kappa shape index (κ1) is 13.2. The number of ether oxygens (including phenoxy) is 1. The zero-order chi connectivity index (χ0) is 13.5. The lowest BCUT2D eigenvalue weighted by Gasteiger charge is -2.09. The highest BCUT2D eigenvalue weighted by Gasteiger charge is 2.03. The van der Waals surface area contributed by atoms with Crippen molar-refractivity contribution in [3.05, 3.63) is 65.7 Å². The zero-order valence-electron chi connectivity index (χ0n) is 10.6. The lowest BCUT2D eigenvalue weighted by molar-refractivity contribution is 0.289. The maximum absolute atomic E-state index is 9.76. The van der Waals surface area contributed by atoms with Gasteiger partial charge in [0.2, 0.25) is 0 Å². The maximum Gasteiger partial charge on any atom is 0.162 e. The lowest BCUT2D eigenvalue weighted by Crippen LogP contribution is -1.96. The first-order valence-corrected chi connectivity index (χ1v) is 6.16. The van der Waals surface area contributed by atoms with Crippen LogP contribution in [0.5, 0.6) is 11.5 Å². The van der Waals surface area contributed by atoms with Crippen molar-refractivity contribution in [1.82, 2.24) is 0 Å². The number of phenols is 1. The second-order valence-corrected chi connectivity index (χ2v) is 4.14. The molecule has 0 amide bonds. The van der Waals surface area contributed by atoms with Gasteiger partial charge in [-0.2, -0.15) is 0 Å². The summed E-state index contributed by atoms with van der Waals surface area (Å²) in [5.41, 5.74) is 7.42. The van der Waals surface area contributed by atoms with E-state index in [0.717, 1.165) is 11.1 Å². The molecular weight excluding hydrogens is 238 g/mol. The van der Waals surface area contributed by atoms with Gasteiger partial charge in [0.15, 0.2) is 11.5 Å². The Morgan fingerprint density at radius 1 is 1.11 bits per heavy atom. The fourth-order valence-electron chi connectivity index (χ4n) is 1.69. The maximum atomic E-state index is 9.76. The van der Waals surface area contributed by atoms with Crippen molar-refractivity contribution in [2.75, 3.05) is 6.54 Å². The molecule has 0 aliphatic rings. The molecule has 0 saturated heterocycles. The first-order valence-electron chi connectivity index (χ1n) is 6.16. The fourth-order valence-corrected chi connectivity index (χ4v) is 1.69. The number of benzene rings is 2. The van der Waals surface area contributed by atoms with Crippen molar-refractivity contribution in [3.8, 4) is 11.5 Å². The van der Waals surface area contributed by atoms with Gasteiger partial charge < -0.3 is 15.6 Å². The molecule has 19 heavy (non-hydrogen) atoms. The third-order valence-corrected chi connectivity index (χ3v) is 2.67. The Morgan fingerprint density at radius 2 is 1.89 bits per heavy atom. The highest BCUT2D eigenvalue weighted by Crippen LogP contribution is 2.28. The largest absolute Gasteiger partial charge is 0.504 e. The SMILES string of the molecule is NCC=Cc1ccc(O)c(OCc2ccccc2)c1. The number of phenolic OH excluding ortho intramolecular Hbond substituents is 1. The molecular formula is C16H17NO2. The molecule has 98 valence electrons. The Labute approximate surface area is 113 Å². The standard InChI is InChI=1S/C16H17NO2/c17-10-4-7-13-8-9-15(18)16(11-13)19-12-14-5-2-1-3-6-14/h1-9,11,18H,10,12,17H2. The molecule has 3 N–H and O–H groups in total. The molecule has 3 nitrogen and oxygen atoms in total. The van der Waals surface area contributed by atoms with Crippen LogP contribution in [0.15, 0.2) is 54.6 Å². The highest BCUT2D eigenvalue weighted by atomic mass is 16.5. The second-order valence-electron chi connectivity index (χ2n) is 4.14. The van der Waals surface area contributed by atoms with Crippen LogP contribution in [0.4, 0.5) is 0 Å². The third-order valence-electron chi connectivity index (χ3n) is 2.67. The molecule has 2 aromatic carbocycles. The Hall–Kier alpha value is -2.26. The minimum absolute atomic E-state index is 0.140. The summed E-state index contributed by atoms with van der Waals surface area (Å²) < 4.78 is 5.63. The van der Waals surface area contributed by atoms with E-state index in [2.05, 4.69) is 0 Å². The van der Waals surface area contributed by atoms with Crippen molar-refractivity contribution in [1.29, 1.82) is 0 Å². The van der Waals surface area contributed by atoms with Crippen LogP contribution in [0, 0.1) is 0 Å². The molecule has 2 rings (SSSR count). The summed E-state index contributed by atoms with van der Waals surface area (Å²) >= 11 is 0. The molecule has 0 radical (unpaired) electrons. The third kappa shape index (κ3) is 3.86. The van der Waals surface area contributed by atoms with Crippen LogP contribution < -0.4 is 10.5 Å². The number of nitrogens with two attached hydrogens (primary N) is 1. The Balaban J connectivity index is 2.09. The predicted molar refractivity (Wildman–Crippen MR) is 77.0 cm³/mol. The summed E-state index contributed by atoms with van der Waals surface area (Å²) in [4.78, 5) is 0. The van der Waals surface area contributed by atoms with Gasteiger partial charge in [0.05, 0.1) is 0 Å². The van der Waals surface area contributed by atoms with Crippen molar-refractivity contribution >= 4 is 6.08 Å². The van der Waals surface area contributed by atoms with Gasteiger partial charge in [0, 0.05) is 6.54 Å². The summed E-state index contributed by atoms with van der Waals surface area (Å²) in [5.74, 6) is 0.615. The van der Waals surface area contributed by atoms with Crippen LogP contribution in [0.3, 0.4) is 0 Å². The van der Waals surface area contributed by atoms with E-state index >= 15 is 0 Å². The number of aromatic hydroxyl groups is 1. The Morgan fingerprint density at radius 3 is 2.63 bits per heavy atom. The van der Waals surface area contributed by atoms with Crippen LogP contribution in [0.2, 0.25) is 0 Å². The van der Waals surface area contributed by atoms with E-state index in [1.807, 2.05) is 48.6 Å². The summed E-state index contributed by atoms with van der Waals surface area (Å²) in [6.45, 7) is 0.916. The smallest absolute Gasteiger partial charge is 0.162 e. The van der Waals surface area contributed by atoms with Gasteiger partial charge in [0.1, 0.15) is 6.61 Å². The van der Waals surface area contributed by atoms with Crippen molar-refractivity contribution < 1.29 is 9.84 Å². The van der Waals surface area contributed by atoms with E-state index in [9.17, 15) is 5.11 Å². The van der Waals surface area contributed by atoms with Gasteiger partial charge in [-0.3, -0.25) is 0 Å². The predicted octanol–water partition coefficient (Wildman–Crippen LogP) is 2.94. The molecule has 0 aliphatic heterocycles. The van der Waals surface area contributed by atoms with Crippen LogP contribution in [0.1, 0.15) is 11.1 Å². The summed E-state index contributed by atoms with van der Waals surface area (Å²) in [7, 11) is 0. The molecule has 0 bridgehead atoms. The molecule has 0 aliphatic carbocycles. The van der Waals surface area contributed by atoms with Crippen LogP contribution in [0.25, 0.3) is 6.08 Å². The van der Waals surface area contributed by atoms with Gasteiger partial charge in [0.25, 0.3) is 0 Å². The van der Waals surface area contributed by atoms with Crippen LogP contribution in [-0.2, 0) is 6.61 Å². The van der Waals surface area contributed by atoms with Crippen LogP contribution >= 0.6 is 0 Å². The van der Waals surface area contributed by atoms with Gasteiger partial charge in [-0.05, 0) is 23.3 Å². The molecule has 0 heterocycles. The normalized spacial score (nSPS) is 10.8. The van der Waals surface area contributed by atoms with E-state index in [4.69, 9.17) is 10.5 Å².